The van der Waals surface area contributed by atoms with Crippen molar-refractivity contribution in [2.24, 2.45) is 5.41 Å². The quantitative estimate of drug-likeness (QED) is 0.707. The molecule has 1 saturated carbocycles. The Balaban J connectivity index is 2.08. The van der Waals surface area contributed by atoms with Crippen LogP contribution in [0, 0.1) is 5.41 Å². The molecule has 0 saturated heterocycles. The number of rotatable bonds is 6. The van der Waals surface area contributed by atoms with Crippen LogP contribution >= 0.6 is 11.3 Å². The van der Waals surface area contributed by atoms with Crippen molar-refractivity contribution in [3.8, 4) is 0 Å². The van der Waals surface area contributed by atoms with Gasteiger partial charge in [-0.15, -0.1) is 11.3 Å². The highest BCUT2D eigenvalue weighted by molar-refractivity contribution is 7.11. The van der Waals surface area contributed by atoms with Gasteiger partial charge in [0, 0.05) is 17.3 Å². The van der Waals surface area contributed by atoms with Crippen LogP contribution in [0.3, 0.4) is 0 Å². The topological polar surface area (TPSA) is 24.9 Å². The largest absolute Gasteiger partial charge is 0.312 e. The molecule has 0 aromatic carbocycles. The minimum Gasteiger partial charge on any atom is -0.312 e. The lowest BCUT2D eigenvalue weighted by molar-refractivity contribution is 0.224. The summed E-state index contributed by atoms with van der Waals surface area (Å²) in [5.74, 6) is 1.24. The minimum absolute atomic E-state index is 0.536. The Morgan fingerprint density at radius 3 is 2.52 bits per heavy atom. The van der Waals surface area contributed by atoms with E-state index < -0.39 is 0 Å². The molecule has 0 atom stereocenters. The number of nitrogens with zero attached hydrogens (tertiary/aromatic N) is 1. The van der Waals surface area contributed by atoms with Crippen molar-refractivity contribution in [3.63, 3.8) is 0 Å². The molecule has 1 aliphatic rings. The maximum Gasteiger partial charge on any atom is 0.0962 e. The molecule has 1 aliphatic carbocycles. The average Bonchev–Trinajstić information content (AvgIpc) is 2.83. The van der Waals surface area contributed by atoms with Crippen LogP contribution < -0.4 is 5.32 Å². The molecule has 1 heterocycles. The van der Waals surface area contributed by atoms with E-state index >= 15 is 0 Å². The van der Waals surface area contributed by atoms with E-state index in [0.29, 0.717) is 17.3 Å². The number of hydrogen-bond donors (Lipinski definition) is 1. The molecule has 1 N–H and O–H groups in total. The van der Waals surface area contributed by atoms with Crippen molar-refractivity contribution < 1.29 is 0 Å². The van der Waals surface area contributed by atoms with Crippen LogP contribution in [0.2, 0.25) is 0 Å². The number of nitrogens with one attached hydrogen (secondary N) is 1. The summed E-state index contributed by atoms with van der Waals surface area (Å²) in [5.41, 5.74) is 1.88. The van der Waals surface area contributed by atoms with Crippen molar-refractivity contribution in [2.45, 2.75) is 85.1 Å². The lowest BCUT2D eigenvalue weighted by Gasteiger charge is -2.33. The average molecular weight is 309 g/mol. The van der Waals surface area contributed by atoms with Gasteiger partial charge in [0.2, 0.25) is 0 Å². The fourth-order valence-corrected chi connectivity index (χ4v) is 4.52. The Hall–Kier alpha value is -0.410. The zero-order valence-electron chi connectivity index (χ0n) is 14.5. The van der Waals surface area contributed by atoms with E-state index in [9.17, 15) is 0 Å². The van der Waals surface area contributed by atoms with Crippen molar-refractivity contribution in [1.29, 1.82) is 0 Å². The Bertz CT molecular complexity index is 438. The molecule has 0 spiro atoms. The van der Waals surface area contributed by atoms with Gasteiger partial charge in [-0.2, -0.15) is 0 Å². The van der Waals surface area contributed by atoms with Gasteiger partial charge in [-0.1, -0.05) is 34.6 Å². The molecule has 0 unspecified atom stereocenters. The summed E-state index contributed by atoms with van der Waals surface area (Å²) in [4.78, 5) is 6.51. The third kappa shape index (κ3) is 4.53. The number of thiazole rings is 1. The van der Waals surface area contributed by atoms with E-state index in [1.165, 1.54) is 47.7 Å². The first-order chi connectivity index (χ1) is 9.93. The van der Waals surface area contributed by atoms with Crippen molar-refractivity contribution in [3.05, 3.63) is 15.6 Å². The van der Waals surface area contributed by atoms with Crippen molar-refractivity contribution in [2.75, 3.05) is 6.54 Å². The maximum atomic E-state index is 5.04. The second kappa shape index (κ2) is 7.23. The predicted molar refractivity (Wildman–Crippen MR) is 93.2 cm³/mol. The first kappa shape index (κ1) is 17.0. The summed E-state index contributed by atoms with van der Waals surface area (Å²) < 4.78 is 0. The van der Waals surface area contributed by atoms with E-state index in [-0.39, 0.29) is 0 Å². The highest BCUT2D eigenvalue weighted by Crippen LogP contribution is 2.44. The lowest BCUT2D eigenvalue weighted by Crippen LogP contribution is -2.20. The van der Waals surface area contributed by atoms with Gasteiger partial charge < -0.3 is 5.32 Å². The fraction of sp³-hybridized carbons (Fsp3) is 0.833. The third-order valence-electron chi connectivity index (χ3n) is 4.69. The lowest BCUT2D eigenvalue weighted by atomic mass is 9.73. The molecule has 1 fully saturated rings. The second-order valence-corrected chi connectivity index (χ2v) is 8.75. The monoisotopic (exact) mass is 308 g/mol. The van der Waals surface area contributed by atoms with E-state index in [2.05, 4.69) is 39.9 Å². The van der Waals surface area contributed by atoms with Crippen LogP contribution in [0.15, 0.2) is 0 Å². The molecule has 1 aromatic heterocycles. The van der Waals surface area contributed by atoms with Crippen LogP contribution in [0.5, 0.6) is 0 Å². The zero-order chi connectivity index (χ0) is 15.5. The minimum atomic E-state index is 0.536. The SMILES string of the molecule is CCCNCc1sc(C2CCC(C)(C)CC2)nc1C(C)C. The molecule has 2 nitrogen and oxygen atoms in total. The van der Waals surface area contributed by atoms with Gasteiger partial charge in [0.15, 0.2) is 0 Å². The van der Waals surface area contributed by atoms with E-state index in [0.717, 1.165) is 13.1 Å². The smallest absolute Gasteiger partial charge is 0.0962 e. The second-order valence-electron chi connectivity index (χ2n) is 7.63. The molecule has 120 valence electrons. The first-order valence-electron chi connectivity index (χ1n) is 8.63. The van der Waals surface area contributed by atoms with Crippen molar-refractivity contribution >= 4 is 11.3 Å². The van der Waals surface area contributed by atoms with Crippen LogP contribution in [0.1, 0.15) is 94.1 Å². The zero-order valence-corrected chi connectivity index (χ0v) is 15.3. The van der Waals surface area contributed by atoms with E-state index in [1.807, 2.05) is 11.3 Å². The Labute approximate surface area is 134 Å². The summed E-state index contributed by atoms with van der Waals surface area (Å²) in [6.07, 6.45) is 6.52. The molecule has 3 heteroatoms. The Kier molecular flexibility index (Phi) is 5.84. The van der Waals surface area contributed by atoms with E-state index in [4.69, 9.17) is 4.98 Å². The Morgan fingerprint density at radius 1 is 1.29 bits per heavy atom. The third-order valence-corrected chi connectivity index (χ3v) is 5.93. The van der Waals surface area contributed by atoms with Crippen LogP contribution in [0.25, 0.3) is 0 Å². The Morgan fingerprint density at radius 2 is 1.95 bits per heavy atom. The maximum absolute atomic E-state index is 5.04. The van der Waals surface area contributed by atoms with E-state index in [1.54, 1.807) is 0 Å². The van der Waals surface area contributed by atoms with Crippen molar-refractivity contribution in [1.82, 2.24) is 10.3 Å². The highest BCUT2D eigenvalue weighted by atomic mass is 32.1. The molecule has 21 heavy (non-hydrogen) atoms. The first-order valence-corrected chi connectivity index (χ1v) is 9.45. The fourth-order valence-electron chi connectivity index (χ4n) is 3.16. The van der Waals surface area contributed by atoms with Gasteiger partial charge in [0.1, 0.15) is 0 Å². The summed E-state index contributed by atoms with van der Waals surface area (Å²) in [5, 5.41) is 4.95. The van der Waals surface area contributed by atoms with Gasteiger partial charge in [-0.3, -0.25) is 0 Å². The van der Waals surface area contributed by atoms with Gasteiger partial charge in [0.05, 0.1) is 10.7 Å². The summed E-state index contributed by atoms with van der Waals surface area (Å²) in [6.45, 7) is 13.7. The molecule has 2 rings (SSSR count). The van der Waals surface area contributed by atoms with Gasteiger partial charge in [0.25, 0.3) is 0 Å². The normalized spacial score (nSPS) is 19.3. The summed E-state index contributed by atoms with van der Waals surface area (Å²) in [7, 11) is 0. The number of aromatic nitrogens is 1. The molecule has 0 radical (unpaired) electrons. The standard InChI is InChI=1S/C18H32N2S/c1-6-11-19-12-15-16(13(2)3)20-17(21-15)14-7-9-18(4,5)10-8-14/h13-14,19H,6-12H2,1-5H3. The molecule has 0 amide bonds. The van der Waals surface area contributed by atoms with Crippen LogP contribution in [-0.2, 0) is 6.54 Å². The highest BCUT2D eigenvalue weighted by Gasteiger charge is 2.30. The molecule has 0 aliphatic heterocycles. The van der Waals surface area contributed by atoms with Gasteiger partial charge in [-0.05, 0) is 50.0 Å². The van der Waals surface area contributed by atoms with Gasteiger partial charge >= 0.3 is 0 Å². The molecule has 0 bridgehead atoms. The summed E-state index contributed by atoms with van der Waals surface area (Å²) >= 11 is 1.97. The molecular formula is C18H32N2S. The molecule has 1 aromatic rings. The summed E-state index contributed by atoms with van der Waals surface area (Å²) in [6, 6.07) is 0. The van der Waals surface area contributed by atoms with Crippen LogP contribution in [-0.4, -0.2) is 11.5 Å². The van der Waals surface area contributed by atoms with Gasteiger partial charge in [-0.25, -0.2) is 4.98 Å². The number of hydrogen-bond acceptors (Lipinski definition) is 3. The predicted octanol–water partition coefficient (Wildman–Crippen LogP) is 5.45. The molecular weight excluding hydrogens is 276 g/mol. The van der Waals surface area contributed by atoms with Crippen LogP contribution in [0.4, 0.5) is 0 Å².